The first-order chi connectivity index (χ1) is 16.3. The Morgan fingerprint density at radius 2 is 1.79 bits per heavy atom. The van der Waals surface area contributed by atoms with E-state index in [2.05, 4.69) is 28.8 Å². The summed E-state index contributed by atoms with van der Waals surface area (Å²) >= 11 is 6.42. The molecule has 0 bridgehead atoms. The van der Waals surface area contributed by atoms with E-state index in [4.69, 9.17) is 11.6 Å². The number of hydrogen-bond donors (Lipinski definition) is 2. The fourth-order valence-corrected chi connectivity index (χ4v) is 4.03. The van der Waals surface area contributed by atoms with Crippen LogP contribution in [0, 0.1) is 11.3 Å². The zero-order valence-corrected chi connectivity index (χ0v) is 20.6. The Morgan fingerprint density at radius 3 is 2.41 bits per heavy atom. The number of benzene rings is 2. The highest BCUT2D eigenvalue weighted by molar-refractivity contribution is 6.33. The molecule has 0 saturated carbocycles. The maximum Gasteiger partial charge on any atom is 0.256 e. The van der Waals surface area contributed by atoms with Crippen molar-refractivity contribution in [3.8, 4) is 6.07 Å². The molecule has 1 heterocycles. The third kappa shape index (κ3) is 6.70. The Bertz CT molecular complexity index is 1040. The summed E-state index contributed by atoms with van der Waals surface area (Å²) in [7, 11) is 1.73. The number of hydrogen-bond acceptors (Lipinski definition) is 6. The van der Waals surface area contributed by atoms with Crippen LogP contribution in [-0.4, -0.2) is 61.1 Å². The lowest BCUT2D eigenvalue weighted by Crippen LogP contribution is -2.48. The van der Waals surface area contributed by atoms with Gasteiger partial charge in [0.05, 0.1) is 35.4 Å². The average Bonchev–Trinajstić information content (AvgIpc) is 3.25. The van der Waals surface area contributed by atoms with Gasteiger partial charge in [0.15, 0.2) is 0 Å². The van der Waals surface area contributed by atoms with E-state index >= 15 is 0 Å². The second-order valence-electron chi connectivity index (χ2n) is 8.60. The van der Waals surface area contributed by atoms with Crippen LogP contribution in [0.25, 0.3) is 0 Å². The molecule has 9 heteroatoms. The predicted octanol–water partition coefficient (Wildman–Crippen LogP) is 2.52. The molecule has 0 fully saturated rings. The van der Waals surface area contributed by atoms with E-state index in [-0.39, 0.29) is 24.9 Å². The number of likely N-dealkylation sites (N-methyl/N-ethyl adjacent to an activating group) is 1. The van der Waals surface area contributed by atoms with Gasteiger partial charge >= 0.3 is 0 Å². The van der Waals surface area contributed by atoms with Crippen molar-refractivity contribution in [1.82, 2.24) is 20.7 Å². The molecule has 3 rings (SSSR count). The predicted molar refractivity (Wildman–Crippen MR) is 133 cm³/mol. The monoisotopic (exact) mass is 482 g/mol. The summed E-state index contributed by atoms with van der Waals surface area (Å²) < 4.78 is 0. The molecule has 2 N–H and O–H groups in total. The van der Waals surface area contributed by atoms with Gasteiger partial charge in [0.2, 0.25) is 5.91 Å². The number of nitrogens with zero attached hydrogens (tertiary/aromatic N) is 4. The molecule has 2 aromatic carbocycles. The molecule has 0 unspecified atom stereocenters. The molecular weight excluding hydrogens is 452 g/mol. The normalized spacial score (nSPS) is 12.8. The lowest BCUT2D eigenvalue weighted by atomic mass is 10.1. The first-order valence-electron chi connectivity index (χ1n) is 11.3. The minimum atomic E-state index is -0.229. The third-order valence-electron chi connectivity index (χ3n) is 5.69. The van der Waals surface area contributed by atoms with Gasteiger partial charge in [-0.2, -0.15) is 5.26 Å². The molecule has 1 aliphatic rings. The quantitative estimate of drug-likeness (QED) is 0.506. The van der Waals surface area contributed by atoms with Crippen LogP contribution in [0.1, 0.15) is 30.5 Å². The molecule has 1 aliphatic heterocycles. The SMILES string of the molecule is CC(C)NCCNC(=O)CN(CC(=O)N(C)N1Cc2ccccc2C1)c1cc(C#N)ccc1Cl. The first-order valence-corrected chi connectivity index (χ1v) is 11.7. The fraction of sp³-hybridized carbons (Fsp3) is 0.400. The van der Waals surface area contributed by atoms with Gasteiger partial charge in [-0.3, -0.25) is 14.6 Å². The average molecular weight is 483 g/mol. The van der Waals surface area contributed by atoms with E-state index in [1.807, 2.05) is 31.0 Å². The van der Waals surface area contributed by atoms with E-state index in [0.717, 1.165) is 0 Å². The van der Waals surface area contributed by atoms with Crippen LogP contribution in [0.2, 0.25) is 5.02 Å². The number of nitrogens with one attached hydrogen (secondary N) is 2. The van der Waals surface area contributed by atoms with Crippen LogP contribution in [0.5, 0.6) is 0 Å². The molecule has 0 saturated heterocycles. The molecule has 0 aromatic heterocycles. The smallest absolute Gasteiger partial charge is 0.256 e. The Labute approximate surface area is 206 Å². The van der Waals surface area contributed by atoms with Crippen molar-refractivity contribution in [2.24, 2.45) is 0 Å². The number of rotatable bonds is 10. The summed E-state index contributed by atoms with van der Waals surface area (Å²) in [6, 6.07) is 15.3. The maximum absolute atomic E-state index is 13.2. The fourth-order valence-electron chi connectivity index (χ4n) is 3.79. The van der Waals surface area contributed by atoms with Crippen molar-refractivity contribution in [3.63, 3.8) is 0 Å². The number of fused-ring (bicyclic) bond motifs is 1. The van der Waals surface area contributed by atoms with Crippen molar-refractivity contribution in [3.05, 3.63) is 64.2 Å². The van der Waals surface area contributed by atoms with Crippen molar-refractivity contribution in [2.75, 3.05) is 38.1 Å². The van der Waals surface area contributed by atoms with E-state index < -0.39 is 0 Å². The Kier molecular flexibility index (Phi) is 8.88. The van der Waals surface area contributed by atoms with Gasteiger partial charge in [-0.15, -0.1) is 0 Å². The highest BCUT2D eigenvalue weighted by Gasteiger charge is 2.27. The van der Waals surface area contributed by atoms with Crippen LogP contribution >= 0.6 is 11.6 Å². The van der Waals surface area contributed by atoms with Crippen molar-refractivity contribution < 1.29 is 9.59 Å². The summed E-state index contributed by atoms with van der Waals surface area (Å²) in [6.45, 7) is 6.36. The van der Waals surface area contributed by atoms with Crippen molar-refractivity contribution >= 4 is 29.1 Å². The molecule has 2 aromatic rings. The van der Waals surface area contributed by atoms with Gasteiger partial charge in [0.1, 0.15) is 0 Å². The molecule has 180 valence electrons. The van der Waals surface area contributed by atoms with Gasteiger partial charge in [-0.05, 0) is 29.3 Å². The maximum atomic E-state index is 13.2. The molecular formula is C25H31ClN6O2. The van der Waals surface area contributed by atoms with E-state index in [9.17, 15) is 14.9 Å². The number of nitriles is 1. The van der Waals surface area contributed by atoms with Crippen molar-refractivity contribution in [1.29, 1.82) is 5.26 Å². The Hall–Kier alpha value is -3.12. The highest BCUT2D eigenvalue weighted by Crippen LogP contribution is 2.28. The second-order valence-corrected chi connectivity index (χ2v) is 9.01. The largest absolute Gasteiger partial charge is 0.353 e. The molecule has 8 nitrogen and oxygen atoms in total. The molecule has 0 radical (unpaired) electrons. The summed E-state index contributed by atoms with van der Waals surface area (Å²) in [6.07, 6.45) is 0. The van der Waals surface area contributed by atoms with E-state index in [1.165, 1.54) is 11.1 Å². The van der Waals surface area contributed by atoms with Gasteiger partial charge < -0.3 is 15.5 Å². The lowest BCUT2D eigenvalue weighted by Gasteiger charge is -2.31. The number of hydrazine groups is 1. The number of anilines is 1. The van der Waals surface area contributed by atoms with Crippen molar-refractivity contribution in [2.45, 2.75) is 33.0 Å². The molecule has 0 aliphatic carbocycles. The standard InChI is InChI=1S/C25H31ClN6O2/c1-18(2)28-10-11-29-24(33)16-31(23-12-19(13-27)8-9-22(23)26)17-25(34)30(3)32-14-20-6-4-5-7-21(20)15-32/h4-9,12,18,28H,10-11,14-17H2,1-3H3,(H,29,33). The molecule has 0 spiro atoms. The number of carbonyl (C=O) groups excluding carboxylic acids is 2. The topological polar surface area (TPSA) is 91.7 Å². The van der Waals surface area contributed by atoms with Crippen LogP contribution in [0.3, 0.4) is 0 Å². The number of amides is 2. The van der Waals surface area contributed by atoms with Gasteiger partial charge in [0.25, 0.3) is 5.91 Å². The van der Waals surface area contributed by atoms with Gasteiger partial charge in [-0.25, -0.2) is 5.01 Å². The van der Waals surface area contributed by atoms with Gasteiger partial charge in [0, 0.05) is 39.3 Å². The summed E-state index contributed by atoms with van der Waals surface area (Å²) in [5.41, 5.74) is 3.26. The summed E-state index contributed by atoms with van der Waals surface area (Å²) in [5, 5.41) is 19.4. The van der Waals surface area contributed by atoms with Crippen LogP contribution in [-0.2, 0) is 22.7 Å². The third-order valence-corrected chi connectivity index (χ3v) is 6.01. The van der Waals surface area contributed by atoms with E-state index in [0.29, 0.717) is 48.5 Å². The molecule has 0 atom stereocenters. The number of carbonyl (C=O) groups is 2. The zero-order valence-electron chi connectivity index (χ0n) is 19.8. The highest BCUT2D eigenvalue weighted by atomic mass is 35.5. The molecule has 2 amide bonds. The minimum absolute atomic E-state index is 0.0594. The minimum Gasteiger partial charge on any atom is -0.353 e. The number of halogens is 1. The summed E-state index contributed by atoms with van der Waals surface area (Å²) in [5.74, 6) is -0.409. The Morgan fingerprint density at radius 1 is 1.12 bits per heavy atom. The van der Waals surface area contributed by atoms with Crippen LogP contribution < -0.4 is 15.5 Å². The first kappa shape index (κ1) is 25.5. The van der Waals surface area contributed by atoms with Crippen LogP contribution in [0.4, 0.5) is 5.69 Å². The van der Waals surface area contributed by atoms with E-state index in [1.54, 1.807) is 35.2 Å². The summed E-state index contributed by atoms with van der Waals surface area (Å²) in [4.78, 5) is 27.5. The van der Waals surface area contributed by atoms with Gasteiger partial charge in [-0.1, -0.05) is 49.7 Å². The Balaban J connectivity index is 1.71. The molecule has 34 heavy (non-hydrogen) atoms. The van der Waals surface area contributed by atoms with Crippen LogP contribution in [0.15, 0.2) is 42.5 Å². The lowest BCUT2D eigenvalue weighted by molar-refractivity contribution is -0.145. The second kappa shape index (κ2) is 11.8. The zero-order chi connectivity index (χ0) is 24.7.